The molecule has 2 amide bonds. The largest absolute Gasteiger partial charge is 0.444 e. The van der Waals surface area contributed by atoms with Gasteiger partial charge in [0.05, 0.1) is 12.6 Å². The number of aliphatic hydroxyl groups is 1. The van der Waals surface area contributed by atoms with E-state index < -0.39 is 17.7 Å². The number of nitrogens with zero attached hydrogens (tertiary/aromatic N) is 1. The second kappa shape index (κ2) is 7.26. The van der Waals surface area contributed by atoms with Gasteiger partial charge in [0.1, 0.15) is 5.60 Å². The lowest BCUT2D eigenvalue weighted by Crippen LogP contribution is -2.36. The lowest BCUT2D eigenvalue weighted by Gasteiger charge is -2.23. The van der Waals surface area contributed by atoms with Crippen LogP contribution >= 0.6 is 0 Å². The lowest BCUT2D eigenvalue weighted by atomic mass is 10.0. The predicted molar refractivity (Wildman–Crippen MR) is 83.7 cm³/mol. The van der Waals surface area contributed by atoms with E-state index in [4.69, 9.17) is 4.74 Å². The van der Waals surface area contributed by atoms with E-state index >= 15 is 0 Å². The Labute approximate surface area is 131 Å². The van der Waals surface area contributed by atoms with Crippen molar-refractivity contribution in [2.75, 3.05) is 20.7 Å². The van der Waals surface area contributed by atoms with Crippen molar-refractivity contribution in [3.63, 3.8) is 0 Å². The summed E-state index contributed by atoms with van der Waals surface area (Å²) in [6, 6.07) is 6.16. The molecule has 1 rings (SSSR count). The van der Waals surface area contributed by atoms with E-state index in [9.17, 15) is 14.7 Å². The van der Waals surface area contributed by atoms with Crippen LogP contribution in [0.2, 0.25) is 0 Å². The van der Waals surface area contributed by atoms with Crippen LogP contribution < -0.4 is 5.32 Å². The van der Waals surface area contributed by atoms with Crippen LogP contribution in [0.15, 0.2) is 24.3 Å². The highest BCUT2D eigenvalue weighted by Crippen LogP contribution is 2.16. The Morgan fingerprint density at radius 2 is 1.95 bits per heavy atom. The number of carbonyl (C=O) groups is 2. The molecule has 0 spiro atoms. The fourth-order valence-electron chi connectivity index (χ4n) is 1.83. The van der Waals surface area contributed by atoms with Crippen molar-refractivity contribution in [3.05, 3.63) is 35.4 Å². The number of nitrogens with one attached hydrogen (secondary N) is 1. The van der Waals surface area contributed by atoms with Gasteiger partial charge in [0.25, 0.3) is 5.91 Å². The van der Waals surface area contributed by atoms with Gasteiger partial charge in [-0.2, -0.15) is 0 Å². The third-order valence-electron chi connectivity index (χ3n) is 2.82. The van der Waals surface area contributed by atoms with E-state index in [0.717, 1.165) is 0 Å². The fourth-order valence-corrected chi connectivity index (χ4v) is 1.83. The molecule has 1 unspecified atom stereocenters. The topological polar surface area (TPSA) is 78.9 Å². The number of hydrogen-bond donors (Lipinski definition) is 2. The molecule has 6 nitrogen and oxygen atoms in total. The van der Waals surface area contributed by atoms with Crippen molar-refractivity contribution >= 4 is 12.0 Å². The van der Waals surface area contributed by atoms with Gasteiger partial charge in [-0.3, -0.25) is 4.79 Å². The summed E-state index contributed by atoms with van der Waals surface area (Å²) in [6.45, 7) is 4.99. The summed E-state index contributed by atoms with van der Waals surface area (Å²) >= 11 is 0. The van der Waals surface area contributed by atoms with Gasteiger partial charge in [-0.25, -0.2) is 4.79 Å². The number of hydrogen-bond acceptors (Lipinski definition) is 4. The summed E-state index contributed by atoms with van der Waals surface area (Å²) in [5.41, 5.74) is 0.514. The molecule has 0 aliphatic carbocycles. The number of aliphatic hydroxyl groups excluding tert-OH is 1. The quantitative estimate of drug-likeness (QED) is 0.891. The SMILES string of the molecule is CN(C)C(=O)c1cccc(C(CO)NC(=O)OC(C)(C)C)c1. The highest BCUT2D eigenvalue weighted by atomic mass is 16.6. The van der Waals surface area contributed by atoms with E-state index in [0.29, 0.717) is 11.1 Å². The average Bonchev–Trinajstić information content (AvgIpc) is 2.42. The maximum atomic E-state index is 12.0. The first-order valence-corrected chi connectivity index (χ1v) is 7.06. The van der Waals surface area contributed by atoms with Crippen LogP contribution in [0.1, 0.15) is 42.7 Å². The third kappa shape index (κ3) is 5.37. The molecule has 1 aromatic rings. The molecule has 0 saturated heterocycles. The van der Waals surface area contributed by atoms with Gasteiger partial charge in [0.2, 0.25) is 0 Å². The van der Waals surface area contributed by atoms with Crippen molar-refractivity contribution in [1.82, 2.24) is 10.2 Å². The molecule has 1 aromatic carbocycles. The molecule has 22 heavy (non-hydrogen) atoms. The molecule has 0 saturated carbocycles. The fraction of sp³-hybridized carbons (Fsp3) is 0.500. The molecule has 2 N–H and O–H groups in total. The second-order valence-electron chi connectivity index (χ2n) is 6.21. The lowest BCUT2D eigenvalue weighted by molar-refractivity contribution is 0.0482. The molecule has 0 heterocycles. The van der Waals surface area contributed by atoms with Gasteiger partial charge in [-0.05, 0) is 38.5 Å². The zero-order chi connectivity index (χ0) is 16.9. The van der Waals surface area contributed by atoms with E-state index in [1.807, 2.05) is 0 Å². The Kier molecular flexibility index (Phi) is 5.93. The van der Waals surface area contributed by atoms with Crippen molar-refractivity contribution in [3.8, 4) is 0 Å². The zero-order valence-corrected chi connectivity index (χ0v) is 13.7. The van der Waals surface area contributed by atoms with Crippen molar-refractivity contribution in [2.24, 2.45) is 0 Å². The third-order valence-corrected chi connectivity index (χ3v) is 2.82. The monoisotopic (exact) mass is 308 g/mol. The second-order valence-corrected chi connectivity index (χ2v) is 6.21. The summed E-state index contributed by atoms with van der Waals surface area (Å²) in [6.07, 6.45) is -0.615. The standard InChI is InChI=1S/C16H24N2O4/c1-16(2,3)22-15(21)17-13(10-19)11-7-6-8-12(9-11)14(20)18(4)5/h6-9,13,19H,10H2,1-5H3,(H,17,21). The Morgan fingerprint density at radius 1 is 1.32 bits per heavy atom. The average molecular weight is 308 g/mol. The molecule has 1 atom stereocenters. The highest BCUT2D eigenvalue weighted by molar-refractivity contribution is 5.94. The number of rotatable bonds is 4. The number of alkyl carbamates (subject to hydrolysis) is 1. The Bertz CT molecular complexity index is 535. The first-order chi connectivity index (χ1) is 10.1. The number of benzene rings is 1. The number of amides is 2. The van der Waals surface area contributed by atoms with Crippen LogP contribution in [0.25, 0.3) is 0 Å². The maximum Gasteiger partial charge on any atom is 0.408 e. The summed E-state index contributed by atoms with van der Waals surface area (Å²) in [4.78, 5) is 25.2. The number of carbonyl (C=O) groups excluding carboxylic acids is 2. The molecular weight excluding hydrogens is 284 g/mol. The van der Waals surface area contributed by atoms with Gasteiger partial charge in [0.15, 0.2) is 0 Å². The van der Waals surface area contributed by atoms with Crippen LogP contribution in [0.4, 0.5) is 4.79 Å². The summed E-state index contributed by atoms with van der Waals surface area (Å²) in [5.74, 6) is -0.143. The van der Waals surface area contributed by atoms with Crippen LogP contribution in [-0.4, -0.2) is 48.3 Å². The van der Waals surface area contributed by atoms with E-state index in [-0.39, 0.29) is 12.5 Å². The first-order valence-electron chi connectivity index (χ1n) is 7.06. The molecule has 0 aliphatic heterocycles. The summed E-state index contributed by atoms with van der Waals surface area (Å²) < 4.78 is 5.17. The smallest absolute Gasteiger partial charge is 0.408 e. The summed E-state index contributed by atoms with van der Waals surface area (Å²) in [5, 5.41) is 12.1. The van der Waals surface area contributed by atoms with Crippen LogP contribution in [0.5, 0.6) is 0 Å². The minimum absolute atomic E-state index is 0.143. The molecule has 0 bridgehead atoms. The Hall–Kier alpha value is -2.08. The molecular formula is C16H24N2O4. The normalized spacial score (nSPS) is 12.5. The van der Waals surface area contributed by atoms with Crippen molar-refractivity contribution < 1.29 is 19.4 Å². The molecule has 6 heteroatoms. The minimum atomic E-state index is -0.634. The van der Waals surface area contributed by atoms with Gasteiger partial charge in [0, 0.05) is 19.7 Å². The van der Waals surface area contributed by atoms with Gasteiger partial charge in [-0.15, -0.1) is 0 Å². The molecule has 0 radical (unpaired) electrons. The molecule has 0 aromatic heterocycles. The molecule has 0 fully saturated rings. The van der Waals surface area contributed by atoms with Crippen molar-refractivity contribution in [2.45, 2.75) is 32.4 Å². The van der Waals surface area contributed by atoms with Crippen LogP contribution in [-0.2, 0) is 4.74 Å². The first kappa shape index (κ1) is 18.0. The van der Waals surface area contributed by atoms with E-state index in [2.05, 4.69) is 5.32 Å². The summed E-state index contributed by atoms with van der Waals surface area (Å²) in [7, 11) is 3.33. The Balaban J connectivity index is 2.89. The van der Waals surface area contributed by atoms with Gasteiger partial charge in [-0.1, -0.05) is 12.1 Å². The Morgan fingerprint density at radius 3 is 2.45 bits per heavy atom. The van der Waals surface area contributed by atoms with Gasteiger partial charge >= 0.3 is 6.09 Å². The minimum Gasteiger partial charge on any atom is -0.444 e. The maximum absolute atomic E-state index is 12.0. The predicted octanol–water partition coefficient (Wildman–Crippen LogP) is 1.95. The van der Waals surface area contributed by atoms with Crippen LogP contribution in [0, 0.1) is 0 Å². The van der Waals surface area contributed by atoms with E-state index in [1.54, 1.807) is 59.1 Å². The highest BCUT2D eigenvalue weighted by Gasteiger charge is 2.21. The zero-order valence-electron chi connectivity index (χ0n) is 13.7. The molecule has 122 valence electrons. The number of ether oxygens (including phenoxy) is 1. The van der Waals surface area contributed by atoms with Crippen molar-refractivity contribution in [1.29, 1.82) is 0 Å². The van der Waals surface area contributed by atoms with Crippen LogP contribution in [0.3, 0.4) is 0 Å². The van der Waals surface area contributed by atoms with Gasteiger partial charge < -0.3 is 20.1 Å². The van der Waals surface area contributed by atoms with E-state index in [1.165, 1.54) is 4.90 Å². The molecule has 0 aliphatic rings.